The first-order chi connectivity index (χ1) is 7.24. The molecular weight excluding hydrogens is 226 g/mol. The highest BCUT2D eigenvalue weighted by molar-refractivity contribution is 7.98. The summed E-state index contributed by atoms with van der Waals surface area (Å²) < 4.78 is 5.64. The van der Waals surface area contributed by atoms with Crippen LogP contribution in [-0.2, 0) is 0 Å². The summed E-state index contributed by atoms with van der Waals surface area (Å²) in [5.74, 6) is 0.938. The van der Waals surface area contributed by atoms with Crippen LogP contribution in [0.1, 0.15) is 12.8 Å². The van der Waals surface area contributed by atoms with E-state index in [1.54, 1.807) is 11.8 Å². The minimum Gasteiger partial charge on any atom is -0.492 e. The summed E-state index contributed by atoms with van der Waals surface area (Å²) >= 11 is 6.48. The van der Waals surface area contributed by atoms with E-state index in [1.165, 1.54) is 0 Å². The molecule has 82 valence electrons. The van der Waals surface area contributed by atoms with Crippen LogP contribution in [0, 0.1) is 0 Å². The number of para-hydroxylation sites is 1. The molecule has 2 N–H and O–H groups in total. The van der Waals surface area contributed by atoms with E-state index in [0.29, 0.717) is 11.6 Å². The van der Waals surface area contributed by atoms with Gasteiger partial charge < -0.3 is 10.5 Å². The van der Waals surface area contributed by atoms with E-state index < -0.39 is 0 Å². The summed E-state index contributed by atoms with van der Waals surface area (Å²) in [6, 6.07) is 8.01. The zero-order valence-electron chi connectivity index (χ0n) is 8.73. The van der Waals surface area contributed by atoms with Gasteiger partial charge in [0.25, 0.3) is 0 Å². The number of rotatable bonds is 6. The van der Waals surface area contributed by atoms with Crippen molar-refractivity contribution in [2.24, 2.45) is 5.73 Å². The Bertz CT molecular complexity index is 328. The Labute approximate surface area is 100 Å². The zero-order valence-corrected chi connectivity index (χ0v) is 10.4. The fraction of sp³-hybridized carbons (Fsp3) is 0.364. The first-order valence-electron chi connectivity index (χ1n) is 4.78. The van der Waals surface area contributed by atoms with Gasteiger partial charge in [0.15, 0.2) is 0 Å². The molecule has 0 heterocycles. The summed E-state index contributed by atoms with van der Waals surface area (Å²) in [5, 5.41) is 0. The molecule has 0 saturated heterocycles. The molecular formula is C11H15NOS2. The number of nitrogens with two attached hydrogens (primary N) is 1. The van der Waals surface area contributed by atoms with E-state index in [0.717, 1.165) is 23.5 Å². The molecule has 0 fully saturated rings. The monoisotopic (exact) mass is 241 g/mol. The van der Waals surface area contributed by atoms with Crippen molar-refractivity contribution >= 4 is 29.0 Å². The van der Waals surface area contributed by atoms with Crippen molar-refractivity contribution in [2.45, 2.75) is 17.7 Å². The van der Waals surface area contributed by atoms with Gasteiger partial charge in [0.1, 0.15) is 5.75 Å². The summed E-state index contributed by atoms with van der Waals surface area (Å²) in [7, 11) is 0. The van der Waals surface area contributed by atoms with Crippen molar-refractivity contribution in [1.82, 2.24) is 0 Å². The largest absolute Gasteiger partial charge is 0.492 e. The number of ether oxygens (including phenoxy) is 1. The van der Waals surface area contributed by atoms with E-state index in [-0.39, 0.29) is 0 Å². The second-order valence-electron chi connectivity index (χ2n) is 3.07. The molecule has 0 spiro atoms. The molecule has 0 aliphatic rings. The third kappa shape index (κ3) is 4.53. The number of hydrogen-bond donors (Lipinski definition) is 1. The van der Waals surface area contributed by atoms with Crippen LogP contribution in [0.2, 0.25) is 0 Å². The lowest BCUT2D eigenvalue weighted by atomic mass is 10.3. The van der Waals surface area contributed by atoms with Gasteiger partial charge in [-0.25, -0.2) is 0 Å². The van der Waals surface area contributed by atoms with Crippen molar-refractivity contribution in [1.29, 1.82) is 0 Å². The van der Waals surface area contributed by atoms with Gasteiger partial charge in [-0.1, -0.05) is 24.4 Å². The van der Waals surface area contributed by atoms with Gasteiger partial charge in [-0.2, -0.15) is 0 Å². The average Bonchev–Trinajstić information content (AvgIpc) is 2.24. The summed E-state index contributed by atoms with van der Waals surface area (Å²) in [4.78, 5) is 1.71. The van der Waals surface area contributed by atoms with Gasteiger partial charge in [-0.05, 0) is 24.8 Å². The van der Waals surface area contributed by atoms with Crippen LogP contribution in [0.4, 0.5) is 0 Å². The quantitative estimate of drug-likeness (QED) is 0.472. The predicted octanol–water partition coefficient (Wildman–Crippen LogP) is 2.85. The maximum Gasteiger partial charge on any atom is 0.132 e. The molecule has 1 rings (SSSR count). The first kappa shape index (κ1) is 12.3. The molecule has 2 nitrogen and oxygen atoms in total. The molecule has 0 aromatic heterocycles. The molecule has 1 aromatic rings. The molecule has 0 atom stereocenters. The Morgan fingerprint density at radius 3 is 2.87 bits per heavy atom. The van der Waals surface area contributed by atoms with E-state index in [1.807, 2.05) is 30.5 Å². The summed E-state index contributed by atoms with van der Waals surface area (Å²) in [6.45, 7) is 0.662. The van der Waals surface area contributed by atoms with Crippen LogP contribution in [0.25, 0.3) is 0 Å². The van der Waals surface area contributed by atoms with Crippen LogP contribution < -0.4 is 10.5 Å². The van der Waals surface area contributed by atoms with Crippen molar-refractivity contribution in [3.05, 3.63) is 24.3 Å². The molecule has 0 aliphatic carbocycles. The van der Waals surface area contributed by atoms with Crippen molar-refractivity contribution in [3.63, 3.8) is 0 Å². The molecule has 0 unspecified atom stereocenters. The topological polar surface area (TPSA) is 35.2 Å². The van der Waals surface area contributed by atoms with Gasteiger partial charge in [-0.3, -0.25) is 0 Å². The molecule has 0 saturated carbocycles. The first-order valence-corrected chi connectivity index (χ1v) is 6.41. The van der Waals surface area contributed by atoms with Crippen molar-refractivity contribution in [2.75, 3.05) is 12.9 Å². The van der Waals surface area contributed by atoms with E-state index >= 15 is 0 Å². The normalized spacial score (nSPS) is 9.93. The third-order valence-electron chi connectivity index (χ3n) is 1.89. The van der Waals surface area contributed by atoms with Crippen LogP contribution in [0.15, 0.2) is 29.2 Å². The molecule has 0 radical (unpaired) electrons. The second kappa shape index (κ2) is 6.69. The molecule has 4 heteroatoms. The summed E-state index contributed by atoms with van der Waals surface area (Å²) in [5.41, 5.74) is 5.40. The fourth-order valence-electron chi connectivity index (χ4n) is 1.17. The fourth-order valence-corrected chi connectivity index (χ4v) is 1.85. The number of hydrogen-bond acceptors (Lipinski definition) is 3. The van der Waals surface area contributed by atoms with Crippen LogP contribution >= 0.6 is 24.0 Å². The Morgan fingerprint density at radius 2 is 2.20 bits per heavy atom. The van der Waals surface area contributed by atoms with Gasteiger partial charge in [0.2, 0.25) is 0 Å². The molecule has 0 bridgehead atoms. The lowest BCUT2D eigenvalue weighted by Crippen LogP contribution is -2.09. The van der Waals surface area contributed by atoms with Crippen LogP contribution in [-0.4, -0.2) is 17.9 Å². The van der Waals surface area contributed by atoms with Gasteiger partial charge >= 0.3 is 0 Å². The Kier molecular flexibility index (Phi) is 5.50. The van der Waals surface area contributed by atoms with Crippen LogP contribution in [0.3, 0.4) is 0 Å². The van der Waals surface area contributed by atoms with E-state index in [9.17, 15) is 0 Å². The smallest absolute Gasteiger partial charge is 0.132 e. The highest BCUT2D eigenvalue weighted by Crippen LogP contribution is 2.26. The predicted molar refractivity (Wildman–Crippen MR) is 69.7 cm³/mol. The highest BCUT2D eigenvalue weighted by atomic mass is 32.2. The Balaban J connectivity index is 2.39. The van der Waals surface area contributed by atoms with Crippen molar-refractivity contribution < 1.29 is 4.74 Å². The minimum atomic E-state index is 0.553. The zero-order chi connectivity index (χ0) is 11.1. The van der Waals surface area contributed by atoms with E-state index in [4.69, 9.17) is 22.7 Å². The van der Waals surface area contributed by atoms with E-state index in [2.05, 4.69) is 0 Å². The maximum atomic E-state index is 5.64. The number of thioether (sulfide) groups is 1. The summed E-state index contributed by atoms with van der Waals surface area (Å²) in [6.07, 6.45) is 3.66. The SMILES string of the molecule is CSc1ccccc1OCCCC(N)=S. The molecule has 0 aliphatic heterocycles. The van der Waals surface area contributed by atoms with Gasteiger partial charge in [-0.15, -0.1) is 11.8 Å². The lowest BCUT2D eigenvalue weighted by Gasteiger charge is -2.09. The highest BCUT2D eigenvalue weighted by Gasteiger charge is 2.00. The third-order valence-corrected chi connectivity index (χ3v) is 2.88. The lowest BCUT2D eigenvalue weighted by molar-refractivity contribution is 0.306. The van der Waals surface area contributed by atoms with Crippen LogP contribution in [0.5, 0.6) is 5.75 Å². The number of thiocarbonyl (C=S) groups is 1. The Morgan fingerprint density at radius 1 is 1.47 bits per heavy atom. The van der Waals surface area contributed by atoms with Crippen molar-refractivity contribution in [3.8, 4) is 5.75 Å². The number of benzene rings is 1. The van der Waals surface area contributed by atoms with Gasteiger partial charge in [0.05, 0.1) is 11.6 Å². The Hall–Kier alpha value is -0.740. The van der Waals surface area contributed by atoms with Gasteiger partial charge in [0, 0.05) is 11.3 Å². The minimum absolute atomic E-state index is 0.553. The molecule has 0 amide bonds. The molecule has 15 heavy (non-hydrogen) atoms. The average molecular weight is 241 g/mol. The molecule has 1 aromatic carbocycles. The second-order valence-corrected chi connectivity index (χ2v) is 4.44. The maximum absolute atomic E-state index is 5.64. The standard InChI is InChI=1S/C11H15NOS2/c1-15-10-6-3-2-5-9(10)13-8-4-7-11(12)14/h2-3,5-6H,4,7-8H2,1H3,(H2,12,14).